The van der Waals surface area contributed by atoms with Crippen LogP contribution in [0.25, 0.3) is 6.08 Å². The molecule has 0 aliphatic carbocycles. The highest BCUT2D eigenvalue weighted by atomic mass is 16.6. The Morgan fingerprint density at radius 2 is 2.04 bits per heavy atom. The molecule has 7 heteroatoms. The van der Waals surface area contributed by atoms with Gasteiger partial charge in [0, 0.05) is 18.7 Å². The van der Waals surface area contributed by atoms with Gasteiger partial charge in [-0.1, -0.05) is 12.1 Å². The van der Waals surface area contributed by atoms with Crippen LogP contribution in [0.5, 0.6) is 11.5 Å². The summed E-state index contributed by atoms with van der Waals surface area (Å²) in [6.07, 6.45) is 1.46. The van der Waals surface area contributed by atoms with Crippen LogP contribution < -0.4 is 4.74 Å². The van der Waals surface area contributed by atoms with Crippen LogP contribution >= 0.6 is 0 Å². The van der Waals surface area contributed by atoms with Gasteiger partial charge in [0.05, 0.1) is 16.1 Å². The van der Waals surface area contributed by atoms with Gasteiger partial charge in [0.25, 0.3) is 5.69 Å². The normalized spacial score (nSPS) is 14.7. The summed E-state index contributed by atoms with van der Waals surface area (Å²) in [6, 6.07) is 8.92. The topological polar surface area (TPSA) is 92.9 Å². The molecule has 1 heterocycles. The van der Waals surface area contributed by atoms with Crippen molar-refractivity contribution >= 4 is 17.5 Å². The highest BCUT2D eigenvalue weighted by Crippen LogP contribution is 2.40. The Balaban J connectivity index is 2.00. The van der Waals surface area contributed by atoms with Crippen molar-refractivity contribution < 1.29 is 19.6 Å². The van der Waals surface area contributed by atoms with Crippen LogP contribution in [0, 0.1) is 10.1 Å². The van der Waals surface area contributed by atoms with E-state index in [2.05, 4.69) is 0 Å². The molecule has 1 aliphatic heterocycles. The smallest absolute Gasteiger partial charge is 0.270 e. The van der Waals surface area contributed by atoms with Crippen LogP contribution in [0.2, 0.25) is 0 Å². The van der Waals surface area contributed by atoms with E-state index in [0.717, 1.165) is 0 Å². The monoisotopic (exact) mass is 340 g/mol. The first-order chi connectivity index (χ1) is 11.9. The molecule has 0 saturated heterocycles. The maximum absolute atomic E-state index is 12.5. The van der Waals surface area contributed by atoms with Gasteiger partial charge in [0.1, 0.15) is 11.5 Å². The number of hydrogen-bond acceptors (Lipinski definition) is 6. The molecule has 0 spiro atoms. The highest BCUT2D eigenvalue weighted by Gasteiger charge is 2.31. The molecule has 0 fully saturated rings. The van der Waals surface area contributed by atoms with Gasteiger partial charge in [-0.3, -0.25) is 14.9 Å². The summed E-state index contributed by atoms with van der Waals surface area (Å²) < 4.78 is 5.69. The third-order valence-corrected chi connectivity index (χ3v) is 3.77. The van der Waals surface area contributed by atoms with Crippen LogP contribution in [0.1, 0.15) is 21.5 Å². The van der Waals surface area contributed by atoms with Gasteiger partial charge < -0.3 is 14.7 Å². The molecule has 128 valence electrons. The van der Waals surface area contributed by atoms with E-state index in [1.54, 1.807) is 12.1 Å². The lowest BCUT2D eigenvalue weighted by Crippen LogP contribution is -2.11. The first-order valence-corrected chi connectivity index (χ1v) is 7.55. The number of carbonyl (C=O) groups is 1. The zero-order valence-corrected chi connectivity index (χ0v) is 13.7. The molecule has 7 nitrogen and oxygen atoms in total. The average Bonchev–Trinajstić information content (AvgIpc) is 2.87. The fraction of sp³-hybridized carbons (Fsp3) is 0.167. The number of phenols is 1. The minimum atomic E-state index is -0.499. The number of ketones is 1. The molecule has 0 amide bonds. The summed E-state index contributed by atoms with van der Waals surface area (Å²) in [6.45, 7) is 0.409. The highest BCUT2D eigenvalue weighted by molar-refractivity contribution is 6.15. The van der Waals surface area contributed by atoms with Crippen molar-refractivity contribution in [1.82, 2.24) is 4.90 Å². The number of nitrogens with zero attached hydrogens (tertiary/aromatic N) is 2. The molecule has 0 bridgehead atoms. The van der Waals surface area contributed by atoms with Gasteiger partial charge in [-0.05, 0) is 37.9 Å². The van der Waals surface area contributed by atoms with Crippen molar-refractivity contribution in [3.05, 3.63) is 69.0 Å². The van der Waals surface area contributed by atoms with Gasteiger partial charge in [0.2, 0.25) is 5.78 Å². The zero-order valence-electron chi connectivity index (χ0n) is 13.7. The van der Waals surface area contributed by atoms with E-state index in [1.165, 1.54) is 30.3 Å². The molecule has 1 N–H and O–H groups in total. The van der Waals surface area contributed by atoms with Crippen LogP contribution in [0.15, 0.2) is 42.2 Å². The summed E-state index contributed by atoms with van der Waals surface area (Å²) >= 11 is 0. The Morgan fingerprint density at radius 1 is 1.28 bits per heavy atom. The third kappa shape index (κ3) is 3.22. The molecule has 1 aliphatic rings. The van der Waals surface area contributed by atoms with Gasteiger partial charge >= 0.3 is 0 Å². The van der Waals surface area contributed by atoms with Gasteiger partial charge in [-0.15, -0.1) is 0 Å². The summed E-state index contributed by atoms with van der Waals surface area (Å²) in [7, 11) is 3.69. The van der Waals surface area contributed by atoms with Crippen molar-refractivity contribution in [3.8, 4) is 11.5 Å². The standard InChI is InChI=1S/C18H16N2O5/c1-19(2)10-14-15(21)7-6-13-17(22)16(25-18(13)14)9-11-4-3-5-12(8-11)20(23)24/h3-9,21H,10H2,1-2H3/b16-9+. The van der Waals surface area contributed by atoms with Crippen LogP contribution in [0.3, 0.4) is 0 Å². The molecule has 0 unspecified atom stereocenters. The minimum Gasteiger partial charge on any atom is -0.507 e. The van der Waals surface area contributed by atoms with Gasteiger partial charge in [-0.2, -0.15) is 0 Å². The van der Waals surface area contributed by atoms with E-state index in [-0.39, 0.29) is 23.0 Å². The van der Waals surface area contributed by atoms with Crippen molar-refractivity contribution in [2.24, 2.45) is 0 Å². The lowest BCUT2D eigenvalue weighted by atomic mass is 10.0. The lowest BCUT2D eigenvalue weighted by Gasteiger charge is -2.13. The Morgan fingerprint density at radius 3 is 2.72 bits per heavy atom. The van der Waals surface area contributed by atoms with Gasteiger partial charge in [0.15, 0.2) is 5.76 Å². The number of phenolic OH excluding ortho intramolecular Hbond substituents is 1. The molecule has 0 atom stereocenters. The number of fused-ring (bicyclic) bond motifs is 1. The van der Waals surface area contributed by atoms with E-state index in [9.17, 15) is 20.0 Å². The lowest BCUT2D eigenvalue weighted by molar-refractivity contribution is -0.384. The van der Waals surface area contributed by atoms with Gasteiger partial charge in [-0.25, -0.2) is 0 Å². The number of nitro groups is 1. The second-order valence-corrected chi connectivity index (χ2v) is 5.97. The number of non-ortho nitro benzene ring substituents is 1. The summed E-state index contributed by atoms with van der Waals surface area (Å²) in [5.41, 5.74) is 1.32. The Kier molecular flexibility index (Phi) is 4.24. The summed E-state index contributed by atoms with van der Waals surface area (Å²) in [4.78, 5) is 24.8. The second kappa shape index (κ2) is 6.37. The predicted molar refractivity (Wildman–Crippen MR) is 91.5 cm³/mol. The SMILES string of the molecule is CN(C)Cc1c(O)ccc2c1O/C(=C/c1cccc([N+](=O)[O-])c1)C2=O. The molecule has 25 heavy (non-hydrogen) atoms. The zero-order chi connectivity index (χ0) is 18.1. The van der Waals surface area contributed by atoms with E-state index >= 15 is 0 Å². The number of Topliss-reactive ketones (excluding diaryl/α,β-unsaturated/α-hetero) is 1. The quantitative estimate of drug-likeness (QED) is 0.522. The minimum absolute atomic E-state index is 0.0526. The molecular weight excluding hydrogens is 324 g/mol. The largest absolute Gasteiger partial charge is 0.507 e. The Hall–Kier alpha value is -3.19. The van der Waals surface area contributed by atoms with E-state index < -0.39 is 4.92 Å². The number of allylic oxidation sites excluding steroid dienone is 1. The summed E-state index contributed by atoms with van der Waals surface area (Å²) in [5.74, 6) is 0.134. The number of rotatable bonds is 4. The Labute approximate surface area is 143 Å². The Bertz CT molecular complexity index is 902. The first kappa shape index (κ1) is 16.7. The van der Waals surface area contributed by atoms with E-state index in [4.69, 9.17) is 4.74 Å². The van der Waals surface area contributed by atoms with Crippen LogP contribution in [0.4, 0.5) is 5.69 Å². The number of hydrogen-bond donors (Lipinski definition) is 1. The molecular formula is C18H16N2O5. The fourth-order valence-corrected chi connectivity index (χ4v) is 2.65. The number of carbonyl (C=O) groups excluding carboxylic acids is 1. The van der Waals surface area contributed by atoms with E-state index in [1.807, 2.05) is 19.0 Å². The molecule has 0 saturated carbocycles. The van der Waals surface area contributed by atoms with Crippen LogP contribution in [-0.2, 0) is 6.54 Å². The number of nitro benzene ring substituents is 1. The van der Waals surface area contributed by atoms with Crippen molar-refractivity contribution in [3.63, 3.8) is 0 Å². The molecule has 0 radical (unpaired) electrons. The van der Waals surface area contributed by atoms with Crippen LogP contribution in [-0.4, -0.2) is 34.8 Å². The predicted octanol–water partition coefficient (Wildman–Crippen LogP) is 2.98. The molecule has 2 aromatic carbocycles. The number of ether oxygens (including phenoxy) is 1. The molecule has 3 rings (SSSR count). The van der Waals surface area contributed by atoms with Crippen molar-refractivity contribution in [2.45, 2.75) is 6.54 Å². The summed E-state index contributed by atoms with van der Waals surface area (Å²) in [5, 5.41) is 20.9. The fourth-order valence-electron chi connectivity index (χ4n) is 2.65. The van der Waals surface area contributed by atoms with Crippen molar-refractivity contribution in [1.29, 1.82) is 0 Å². The average molecular weight is 340 g/mol. The maximum Gasteiger partial charge on any atom is 0.270 e. The number of aromatic hydroxyl groups is 1. The maximum atomic E-state index is 12.5. The third-order valence-electron chi connectivity index (χ3n) is 3.77. The number of benzene rings is 2. The first-order valence-electron chi connectivity index (χ1n) is 7.55. The molecule has 2 aromatic rings. The van der Waals surface area contributed by atoms with E-state index in [0.29, 0.717) is 29.0 Å². The second-order valence-electron chi connectivity index (χ2n) is 5.97. The van der Waals surface area contributed by atoms with Crippen molar-refractivity contribution in [2.75, 3.05) is 14.1 Å². The molecule has 0 aromatic heterocycles.